The molecule has 27 heavy (non-hydrogen) atoms. The first-order chi connectivity index (χ1) is 13.1. The van der Waals surface area contributed by atoms with Gasteiger partial charge in [0.2, 0.25) is 11.0 Å². The Kier molecular flexibility index (Phi) is 6.33. The van der Waals surface area contributed by atoms with Gasteiger partial charge >= 0.3 is 0 Å². The molecule has 2 aromatic rings. The van der Waals surface area contributed by atoms with Gasteiger partial charge < -0.3 is 10.2 Å². The third-order valence-electron chi connectivity index (χ3n) is 4.73. The number of rotatable bonds is 7. The zero-order valence-corrected chi connectivity index (χ0v) is 16.1. The fraction of sp³-hybridized carbons (Fsp3) is 0.500. The number of nitro groups is 1. The predicted octanol–water partition coefficient (Wildman–Crippen LogP) is 3.64. The van der Waals surface area contributed by atoms with Crippen molar-refractivity contribution in [2.45, 2.75) is 39.0 Å². The van der Waals surface area contributed by atoms with Crippen LogP contribution >= 0.6 is 11.3 Å². The number of nitrogens with one attached hydrogen (secondary N) is 1. The number of anilines is 2. The first-order valence-corrected chi connectivity index (χ1v) is 10.0. The third-order valence-corrected chi connectivity index (χ3v) is 5.62. The number of carbonyl (C=O) groups excluding carboxylic acids is 1. The minimum atomic E-state index is -0.361. The van der Waals surface area contributed by atoms with Gasteiger partial charge in [0, 0.05) is 31.5 Å². The summed E-state index contributed by atoms with van der Waals surface area (Å²) < 4.78 is 0. The van der Waals surface area contributed by atoms with Crippen molar-refractivity contribution in [3.8, 4) is 0 Å². The van der Waals surface area contributed by atoms with E-state index in [0.717, 1.165) is 24.3 Å². The lowest BCUT2D eigenvalue weighted by atomic mass is 9.95. The molecule has 0 bridgehead atoms. The second-order valence-corrected chi connectivity index (χ2v) is 7.66. The molecule has 144 valence electrons. The van der Waals surface area contributed by atoms with Crippen LogP contribution in [0.2, 0.25) is 0 Å². The maximum Gasteiger partial charge on any atom is 0.292 e. The van der Waals surface area contributed by atoms with Crippen LogP contribution in [0.4, 0.5) is 16.5 Å². The van der Waals surface area contributed by atoms with Crippen LogP contribution in [-0.4, -0.2) is 34.1 Å². The van der Waals surface area contributed by atoms with Gasteiger partial charge in [-0.25, -0.2) is 0 Å². The molecular weight excluding hydrogens is 366 g/mol. The van der Waals surface area contributed by atoms with Crippen molar-refractivity contribution >= 4 is 33.8 Å². The van der Waals surface area contributed by atoms with E-state index in [-0.39, 0.29) is 22.4 Å². The summed E-state index contributed by atoms with van der Waals surface area (Å²) in [4.78, 5) is 25.3. The molecule has 0 unspecified atom stereocenters. The number of nitrogens with zero attached hydrogens (tertiary/aromatic N) is 4. The molecule has 1 aromatic heterocycles. The summed E-state index contributed by atoms with van der Waals surface area (Å²) in [6.07, 6.45) is 4.35. The molecule has 0 saturated carbocycles. The maximum absolute atomic E-state index is 12.5. The molecule has 1 saturated heterocycles. The third kappa shape index (κ3) is 4.79. The Morgan fingerprint density at radius 3 is 2.78 bits per heavy atom. The van der Waals surface area contributed by atoms with Gasteiger partial charge in [-0.15, -0.1) is 10.2 Å². The van der Waals surface area contributed by atoms with E-state index in [4.69, 9.17) is 0 Å². The molecule has 1 N–H and O–H groups in total. The zero-order valence-electron chi connectivity index (χ0n) is 15.3. The van der Waals surface area contributed by atoms with Crippen molar-refractivity contribution in [1.29, 1.82) is 0 Å². The highest BCUT2D eigenvalue weighted by molar-refractivity contribution is 7.15. The van der Waals surface area contributed by atoms with Crippen molar-refractivity contribution in [3.05, 3.63) is 39.4 Å². The molecule has 1 fully saturated rings. The van der Waals surface area contributed by atoms with E-state index in [9.17, 15) is 14.9 Å². The van der Waals surface area contributed by atoms with Gasteiger partial charge in [0.15, 0.2) is 0 Å². The summed E-state index contributed by atoms with van der Waals surface area (Å²) >= 11 is 1.43. The molecule has 0 atom stereocenters. The topological polar surface area (TPSA) is 101 Å². The lowest BCUT2D eigenvalue weighted by Crippen LogP contribution is -2.38. The summed E-state index contributed by atoms with van der Waals surface area (Å²) in [5.74, 6) is -0.164. The van der Waals surface area contributed by atoms with Crippen LogP contribution < -0.4 is 10.2 Å². The zero-order chi connectivity index (χ0) is 19.2. The van der Waals surface area contributed by atoms with Gasteiger partial charge in [0.05, 0.1) is 4.92 Å². The fourth-order valence-corrected chi connectivity index (χ4v) is 3.99. The fourth-order valence-electron chi connectivity index (χ4n) is 3.21. The van der Waals surface area contributed by atoms with Gasteiger partial charge in [-0.3, -0.25) is 14.9 Å². The average molecular weight is 389 g/mol. The molecule has 1 aromatic carbocycles. The van der Waals surface area contributed by atoms with Crippen molar-refractivity contribution in [3.63, 3.8) is 0 Å². The van der Waals surface area contributed by atoms with Crippen molar-refractivity contribution in [1.82, 2.24) is 10.2 Å². The Labute approximate surface area is 161 Å². The van der Waals surface area contributed by atoms with Crippen molar-refractivity contribution in [2.75, 3.05) is 23.3 Å². The second kappa shape index (κ2) is 8.90. The number of para-hydroxylation sites is 2. The van der Waals surface area contributed by atoms with Crippen LogP contribution in [0.1, 0.15) is 37.6 Å². The first kappa shape index (κ1) is 19.2. The Morgan fingerprint density at radius 1 is 1.33 bits per heavy atom. The van der Waals surface area contributed by atoms with Gasteiger partial charge in [-0.1, -0.05) is 36.8 Å². The smallest absolute Gasteiger partial charge is 0.292 e. The summed E-state index contributed by atoms with van der Waals surface area (Å²) in [6.45, 7) is 3.35. The van der Waals surface area contributed by atoms with Gasteiger partial charge in [0.25, 0.3) is 5.69 Å². The van der Waals surface area contributed by atoms with E-state index in [0.29, 0.717) is 36.8 Å². The van der Waals surface area contributed by atoms with Gasteiger partial charge in [-0.2, -0.15) is 0 Å². The Bertz CT molecular complexity index is 802. The summed E-state index contributed by atoms with van der Waals surface area (Å²) in [5.41, 5.74) is 0.722. The highest BCUT2D eigenvalue weighted by Crippen LogP contribution is 2.31. The standard InChI is InChI=1S/C18H23N5O3S/c1-2-3-8-16-20-21-18(27-16)19-17(24)13-9-11-22(12-10-13)14-6-4-5-7-15(14)23(25)26/h4-7,13H,2-3,8-12H2,1H3,(H,19,21,24). The number of aromatic nitrogens is 2. The molecule has 3 rings (SSSR count). The van der Waals surface area contributed by atoms with Crippen LogP contribution in [0.3, 0.4) is 0 Å². The van der Waals surface area contributed by atoms with Gasteiger partial charge in [0.1, 0.15) is 10.7 Å². The highest BCUT2D eigenvalue weighted by atomic mass is 32.1. The largest absolute Gasteiger partial charge is 0.366 e. The number of nitro benzene ring substituents is 1. The summed E-state index contributed by atoms with van der Waals surface area (Å²) in [5, 5.41) is 23.7. The van der Waals surface area contributed by atoms with Crippen molar-refractivity contribution < 1.29 is 9.72 Å². The minimum Gasteiger partial charge on any atom is -0.366 e. The normalized spacial score (nSPS) is 14.9. The Hall–Kier alpha value is -2.55. The summed E-state index contributed by atoms with van der Waals surface area (Å²) in [6, 6.07) is 6.74. The first-order valence-electron chi connectivity index (χ1n) is 9.20. The monoisotopic (exact) mass is 389 g/mol. The van der Waals surface area contributed by atoms with Crippen LogP contribution in [0.25, 0.3) is 0 Å². The molecule has 1 amide bonds. The number of piperidine rings is 1. The molecule has 2 heterocycles. The molecule has 0 radical (unpaired) electrons. The van der Waals surface area contributed by atoms with Gasteiger partial charge in [-0.05, 0) is 25.3 Å². The second-order valence-electron chi connectivity index (χ2n) is 6.60. The SMILES string of the molecule is CCCCc1nnc(NC(=O)C2CCN(c3ccccc3[N+](=O)[O-])CC2)s1. The molecular formula is C18H23N5O3S. The molecule has 1 aliphatic heterocycles. The number of hydrogen-bond acceptors (Lipinski definition) is 7. The lowest BCUT2D eigenvalue weighted by Gasteiger charge is -2.32. The molecule has 1 aliphatic rings. The van der Waals surface area contributed by atoms with Crippen molar-refractivity contribution in [2.24, 2.45) is 5.92 Å². The van der Waals surface area contributed by atoms with E-state index in [1.54, 1.807) is 18.2 Å². The molecule has 9 heteroatoms. The summed E-state index contributed by atoms with van der Waals surface area (Å²) in [7, 11) is 0. The maximum atomic E-state index is 12.5. The van der Waals surface area contributed by atoms with E-state index < -0.39 is 0 Å². The number of aryl methyl sites for hydroxylation is 1. The van der Waals surface area contributed by atoms with E-state index in [1.807, 2.05) is 4.90 Å². The molecule has 0 aliphatic carbocycles. The number of benzene rings is 1. The number of carbonyl (C=O) groups is 1. The van der Waals surface area contributed by atoms with E-state index in [2.05, 4.69) is 22.4 Å². The van der Waals surface area contributed by atoms with Crippen LogP contribution in [0, 0.1) is 16.0 Å². The number of unbranched alkanes of at least 4 members (excludes halogenated alkanes) is 1. The Balaban J connectivity index is 1.55. The molecule has 0 spiro atoms. The van der Waals surface area contributed by atoms with Crippen LogP contribution in [0.15, 0.2) is 24.3 Å². The van der Waals surface area contributed by atoms with Crippen LogP contribution in [-0.2, 0) is 11.2 Å². The minimum absolute atomic E-state index is 0.0459. The number of amides is 1. The average Bonchev–Trinajstić information content (AvgIpc) is 3.13. The highest BCUT2D eigenvalue weighted by Gasteiger charge is 2.28. The quantitative estimate of drug-likeness (QED) is 0.573. The molecule has 8 nitrogen and oxygen atoms in total. The predicted molar refractivity (Wildman–Crippen MR) is 105 cm³/mol. The van der Waals surface area contributed by atoms with Crippen LogP contribution in [0.5, 0.6) is 0 Å². The Morgan fingerprint density at radius 2 is 2.07 bits per heavy atom. The number of hydrogen-bond donors (Lipinski definition) is 1. The van der Waals surface area contributed by atoms with E-state index in [1.165, 1.54) is 17.4 Å². The lowest BCUT2D eigenvalue weighted by molar-refractivity contribution is -0.384. The van der Waals surface area contributed by atoms with E-state index >= 15 is 0 Å².